The lowest BCUT2D eigenvalue weighted by atomic mass is 9.76. The smallest absolute Gasteiger partial charge is 0.164 e. The van der Waals surface area contributed by atoms with Gasteiger partial charge in [0.25, 0.3) is 0 Å². The summed E-state index contributed by atoms with van der Waals surface area (Å²) in [6.45, 7) is 11.4. The number of halogens is 1. The lowest BCUT2D eigenvalue weighted by Gasteiger charge is -2.46. The number of rotatable bonds is 8. The maximum absolute atomic E-state index is 14.6. The molecule has 4 aromatic rings. The summed E-state index contributed by atoms with van der Waals surface area (Å²) in [4.78, 5) is 18.7. The van der Waals surface area contributed by atoms with Gasteiger partial charge in [-0.15, -0.1) is 0 Å². The van der Waals surface area contributed by atoms with Gasteiger partial charge in [-0.25, -0.2) is 19.3 Å². The fraction of sp³-hybridized carbons (Fsp3) is 0.581. The summed E-state index contributed by atoms with van der Waals surface area (Å²) in [5, 5.41) is 21.9. The molecule has 4 heterocycles. The molecule has 0 bridgehead atoms. The van der Waals surface area contributed by atoms with Crippen LogP contribution in [0.3, 0.4) is 0 Å². The molecule has 0 radical (unpaired) electrons. The van der Waals surface area contributed by atoms with Crippen molar-refractivity contribution in [3.63, 3.8) is 0 Å². The molecule has 2 aliphatic rings. The molecule has 1 saturated carbocycles. The van der Waals surface area contributed by atoms with E-state index in [0.717, 1.165) is 42.5 Å². The van der Waals surface area contributed by atoms with E-state index in [0.29, 0.717) is 18.5 Å². The van der Waals surface area contributed by atoms with Crippen molar-refractivity contribution >= 4 is 27.9 Å². The highest BCUT2D eigenvalue weighted by Gasteiger charge is 2.46. The molecule has 0 spiro atoms. The van der Waals surface area contributed by atoms with Crippen LogP contribution in [0.15, 0.2) is 30.7 Å². The number of aryl methyl sites for hydroxylation is 1. The van der Waals surface area contributed by atoms with Crippen molar-refractivity contribution in [2.45, 2.75) is 102 Å². The van der Waals surface area contributed by atoms with E-state index >= 15 is 0 Å². The highest BCUT2D eigenvalue weighted by Crippen LogP contribution is 2.39. The average Bonchev–Trinajstić information content (AvgIpc) is 3.55. The van der Waals surface area contributed by atoms with E-state index in [1.54, 1.807) is 0 Å². The van der Waals surface area contributed by atoms with Gasteiger partial charge in [0.15, 0.2) is 17.7 Å². The SMILES string of the molecule is CC(C)N(CC1OC(n2cc(F)c3c(N)ncnc32)C(O)C1O)C1CC(CCc2nc3ccc(C(C)(C)C)cc3[nH]2)C1. The van der Waals surface area contributed by atoms with Gasteiger partial charge in [-0.1, -0.05) is 26.8 Å². The van der Waals surface area contributed by atoms with Crippen LogP contribution < -0.4 is 5.73 Å². The summed E-state index contributed by atoms with van der Waals surface area (Å²) in [5.74, 6) is 1.05. The van der Waals surface area contributed by atoms with Crippen molar-refractivity contribution in [2.75, 3.05) is 12.3 Å². The number of H-pyrrole nitrogens is 1. The Morgan fingerprint density at radius 2 is 1.95 bits per heavy atom. The number of anilines is 1. The van der Waals surface area contributed by atoms with Gasteiger partial charge < -0.3 is 30.2 Å². The number of imidazole rings is 1. The first-order valence-corrected chi connectivity index (χ1v) is 14.9. The molecule has 11 heteroatoms. The van der Waals surface area contributed by atoms with Gasteiger partial charge in [0, 0.05) is 31.2 Å². The number of hydrogen-bond acceptors (Lipinski definition) is 8. The first-order chi connectivity index (χ1) is 19.9. The van der Waals surface area contributed by atoms with Gasteiger partial charge in [0.2, 0.25) is 0 Å². The van der Waals surface area contributed by atoms with E-state index in [9.17, 15) is 14.6 Å². The van der Waals surface area contributed by atoms with Crippen molar-refractivity contribution < 1.29 is 19.3 Å². The first kappa shape index (κ1) is 29.0. The Kier molecular flexibility index (Phi) is 7.49. The number of nitrogen functional groups attached to an aromatic ring is 1. The Bertz CT molecular complexity index is 1570. The van der Waals surface area contributed by atoms with E-state index in [2.05, 4.69) is 72.7 Å². The summed E-state index contributed by atoms with van der Waals surface area (Å²) in [7, 11) is 0. The molecule has 1 aromatic carbocycles. The van der Waals surface area contributed by atoms with Gasteiger partial charge >= 0.3 is 0 Å². The molecule has 1 aliphatic carbocycles. The second-order valence-corrected chi connectivity index (χ2v) is 13.4. The predicted molar refractivity (Wildman–Crippen MR) is 159 cm³/mol. The predicted octanol–water partition coefficient (Wildman–Crippen LogP) is 4.07. The summed E-state index contributed by atoms with van der Waals surface area (Å²) in [5.41, 5.74) is 9.56. The fourth-order valence-corrected chi connectivity index (χ4v) is 6.55. The Morgan fingerprint density at radius 1 is 1.19 bits per heavy atom. The topological polar surface area (TPSA) is 138 Å². The lowest BCUT2D eigenvalue weighted by Crippen LogP contribution is -2.52. The number of aromatic nitrogens is 5. The Hall–Kier alpha value is -3.12. The molecule has 42 heavy (non-hydrogen) atoms. The summed E-state index contributed by atoms with van der Waals surface area (Å²) in [6.07, 6.45) is 2.54. The molecule has 3 aromatic heterocycles. The van der Waals surface area contributed by atoms with Crippen molar-refractivity contribution in [2.24, 2.45) is 5.92 Å². The van der Waals surface area contributed by atoms with Gasteiger partial charge in [-0.05, 0) is 62.1 Å². The van der Waals surface area contributed by atoms with Crippen molar-refractivity contribution in [1.82, 2.24) is 29.4 Å². The molecule has 4 atom stereocenters. The summed E-state index contributed by atoms with van der Waals surface area (Å²) in [6, 6.07) is 7.08. The lowest BCUT2D eigenvalue weighted by molar-refractivity contribution is -0.0620. The monoisotopic (exact) mass is 579 g/mol. The zero-order chi connectivity index (χ0) is 29.9. The Morgan fingerprint density at radius 3 is 2.67 bits per heavy atom. The van der Waals surface area contributed by atoms with E-state index in [1.165, 1.54) is 22.7 Å². The van der Waals surface area contributed by atoms with Gasteiger partial charge in [0.1, 0.15) is 36.3 Å². The number of hydrogen-bond donors (Lipinski definition) is 4. The minimum Gasteiger partial charge on any atom is -0.387 e. The van der Waals surface area contributed by atoms with Crippen LogP contribution in [-0.4, -0.2) is 76.6 Å². The molecule has 4 unspecified atom stereocenters. The minimum atomic E-state index is -1.24. The first-order valence-electron chi connectivity index (χ1n) is 14.9. The highest BCUT2D eigenvalue weighted by atomic mass is 19.1. The van der Waals surface area contributed by atoms with Crippen molar-refractivity contribution in [1.29, 1.82) is 0 Å². The molecule has 2 fully saturated rings. The largest absolute Gasteiger partial charge is 0.387 e. The number of ether oxygens (including phenoxy) is 1. The number of nitrogens with two attached hydrogens (primary N) is 1. The molecular weight excluding hydrogens is 537 g/mol. The van der Waals surface area contributed by atoms with Crippen molar-refractivity contribution in [3.05, 3.63) is 47.9 Å². The minimum absolute atomic E-state index is 0.0151. The third kappa shape index (κ3) is 5.27. The summed E-state index contributed by atoms with van der Waals surface area (Å²) >= 11 is 0. The number of benzene rings is 1. The van der Waals surface area contributed by atoms with Crippen LogP contribution in [0.2, 0.25) is 0 Å². The second-order valence-electron chi connectivity index (χ2n) is 13.4. The maximum Gasteiger partial charge on any atom is 0.164 e. The quantitative estimate of drug-likeness (QED) is 0.245. The molecule has 6 rings (SSSR count). The van der Waals surface area contributed by atoms with Gasteiger partial charge in [-0.3, -0.25) is 4.90 Å². The van der Waals surface area contributed by atoms with Crippen LogP contribution in [0, 0.1) is 11.7 Å². The fourth-order valence-electron chi connectivity index (χ4n) is 6.55. The number of fused-ring (bicyclic) bond motifs is 2. The van der Waals surface area contributed by atoms with Gasteiger partial charge in [0.05, 0.1) is 16.4 Å². The molecular formula is C31H42FN7O3. The molecule has 226 valence electrons. The zero-order valence-electron chi connectivity index (χ0n) is 25.0. The van der Waals surface area contributed by atoms with Crippen LogP contribution in [0.25, 0.3) is 22.1 Å². The number of aliphatic hydroxyl groups is 2. The zero-order valence-corrected chi connectivity index (χ0v) is 25.0. The molecule has 0 amide bonds. The number of nitrogens with one attached hydrogen (secondary N) is 1. The number of aromatic amines is 1. The molecule has 5 N–H and O–H groups in total. The molecule has 10 nitrogen and oxygen atoms in total. The van der Waals surface area contributed by atoms with Crippen LogP contribution in [0.1, 0.15) is 71.5 Å². The van der Waals surface area contributed by atoms with Crippen LogP contribution in [0.5, 0.6) is 0 Å². The van der Waals surface area contributed by atoms with Crippen LogP contribution in [-0.2, 0) is 16.6 Å². The third-order valence-corrected chi connectivity index (χ3v) is 9.12. The van der Waals surface area contributed by atoms with E-state index in [1.807, 2.05) is 0 Å². The van der Waals surface area contributed by atoms with Crippen molar-refractivity contribution in [3.8, 4) is 0 Å². The van der Waals surface area contributed by atoms with Crippen LogP contribution >= 0.6 is 0 Å². The van der Waals surface area contributed by atoms with Crippen LogP contribution in [0.4, 0.5) is 10.2 Å². The van der Waals surface area contributed by atoms with Gasteiger partial charge in [-0.2, -0.15) is 0 Å². The standard InChI is InChI=1S/C31H42FN7O3/c1-16(2)38(14-23-26(40)27(41)30(42-23)39-13-20(32)25-28(33)34-15-35-29(25)39)19-10-17(11-19)6-9-24-36-21-8-7-18(31(3,4)5)12-22(21)37-24/h7-8,12-13,15-17,19,23,26-27,30,40-41H,6,9-11,14H2,1-5H3,(H,36,37)(H2,33,34,35). The normalized spacial score (nSPS) is 26.6. The summed E-state index contributed by atoms with van der Waals surface area (Å²) < 4.78 is 22.2. The Balaban J connectivity index is 1.07. The third-order valence-electron chi connectivity index (χ3n) is 9.12. The van der Waals surface area contributed by atoms with E-state index in [4.69, 9.17) is 15.5 Å². The Labute approximate surface area is 245 Å². The highest BCUT2D eigenvalue weighted by molar-refractivity contribution is 5.86. The average molecular weight is 580 g/mol. The second kappa shape index (κ2) is 10.9. The molecule has 1 aliphatic heterocycles. The van der Waals surface area contributed by atoms with E-state index < -0.39 is 30.4 Å². The number of aliphatic hydroxyl groups excluding tert-OH is 2. The number of nitrogens with zero attached hydrogens (tertiary/aromatic N) is 5. The van der Waals surface area contributed by atoms with E-state index in [-0.39, 0.29) is 28.3 Å². The molecule has 1 saturated heterocycles. The maximum atomic E-state index is 14.6.